The number of aromatic nitrogens is 2. The van der Waals surface area contributed by atoms with Crippen molar-refractivity contribution in [1.82, 2.24) is 15.3 Å². The zero-order valence-electron chi connectivity index (χ0n) is 18.4. The summed E-state index contributed by atoms with van der Waals surface area (Å²) in [6.45, 7) is 2.84. The van der Waals surface area contributed by atoms with Gasteiger partial charge in [0.1, 0.15) is 17.3 Å². The lowest BCUT2D eigenvalue weighted by Crippen LogP contribution is -2.23. The van der Waals surface area contributed by atoms with Crippen LogP contribution in [0.3, 0.4) is 0 Å². The molecule has 34 heavy (non-hydrogen) atoms. The summed E-state index contributed by atoms with van der Waals surface area (Å²) in [7, 11) is 0. The molecule has 6 nitrogen and oxygen atoms in total. The Kier molecular flexibility index (Phi) is 7.72. The second-order valence-corrected chi connectivity index (χ2v) is 8.13. The van der Waals surface area contributed by atoms with E-state index in [4.69, 9.17) is 9.47 Å². The standard InChI is InChI=1S/C26H22FN3O3S/c1-2-32-23-6-4-3-5-19(23)17-30-24(31)18-7-11-21(12-8-18)33-25-26(29-16-15-28-25)34-22-13-9-20(27)10-14-22/h3-16H,2,17H2,1H3,(H,30,31). The lowest BCUT2D eigenvalue weighted by Gasteiger charge is -2.11. The highest BCUT2D eigenvalue weighted by atomic mass is 32.2. The molecule has 4 aromatic rings. The molecule has 1 aromatic heterocycles. The SMILES string of the molecule is CCOc1ccccc1CNC(=O)c1ccc(Oc2nccnc2Sc2ccc(F)cc2)cc1. The number of benzene rings is 3. The average Bonchev–Trinajstić information content (AvgIpc) is 2.86. The first-order valence-electron chi connectivity index (χ1n) is 10.6. The van der Waals surface area contributed by atoms with Gasteiger partial charge in [0, 0.05) is 35.0 Å². The van der Waals surface area contributed by atoms with Gasteiger partial charge in [0.15, 0.2) is 5.03 Å². The van der Waals surface area contributed by atoms with E-state index in [1.807, 2.05) is 31.2 Å². The Bertz CT molecular complexity index is 1250. The molecule has 3 aromatic carbocycles. The van der Waals surface area contributed by atoms with Crippen LogP contribution in [0.15, 0.2) is 95.1 Å². The highest BCUT2D eigenvalue weighted by molar-refractivity contribution is 7.99. The van der Waals surface area contributed by atoms with Crippen LogP contribution in [0.5, 0.6) is 17.4 Å². The van der Waals surface area contributed by atoms with E-state index in [0.29, 0.717) is 35.4 Å². The van der Waals surface area contributed by atoms with Gasteiger partial charge in [-0.15, -0.1) is 0 Å². The second kappa shape index (κ2) is 11.3. The molecular formula is C26H22FN3O3S. The normalized spacial score (nSPS) is 10.5. The lowest BCUT2D eigenvalue weighted by atomic mass is 10.1. The maximum Gasteiger partial charge on any atom is 0.252 e. The number of ether oxygens (including phenoxy) is 2. The minimum absolute atomic E-state index is 0.204. The number of nitrogens with zero attached hydrogens (tertiary/aromatic N) is 2. The van der Waals surface area contributed by atoms with Gasteiger partial charge < -0.3 is 14.8 Å². The van der Waals surface area contributed by atoms with Crippen LogP contribution in [0.4, 0.5) is 4.39 Å². The smallest absolute Gasteiger partial charge is 0.252 e. The molecule has 4 rings (SSSR count). The van der Waals surface area contributed by atoms with Crippen molar-refractivity contribution in [3.8, 4) is 17.4 Å². The summed E-state index contributed by atoms with van der Waals surface area (Å²) >= 11 is 1.32. The molecule has 0 fully saturated rings. The minimum atomic E-state index is -0.303. The molecule has 0 unspecified atom stereocenters. The van der Waals surface area contributed by atoms with Gasteiger partial charge in [0.25, 0.3) is 11.8 Å². The molecule has 0 spiro atoms. The molecule has 0 aliphatic carbocycles. The summed E-state index contributed by atoms with van der Waals surface area (Å²) in [4.78, 5) is 22.0. The van der Waals surface area contributed by atoms with Crippen LogP contribution in [-0.4, -0.2) is 22.5 Å². The minimum Gasteiger partial charge on any atom is -0.494 e. The molecule has 8 heteroatoms. The van der Waals surface area contributed by atoms with E-state index in [1.54, 1.807) is 42.6 Å². The molecule has 0 atom stereocenters. The van der Waals surface area contributed by atoms with Crippen molar-refractivity contribution < 1.29 is 18.7 Å². The molecule has 0 bridgehead atoms. The Labute approximate surface area is 201 Å². The van der Waals surface area contributed by atoms with Crippen molar-refractivity contribution in [1.29, 1.82) is 0 Å². The van der Waals surface area contributed by atoms with Gasteiger partial charge in [-0.05, 0) is 61.5 Å². The van der Waals surface area contributed by atoms with Crippen LogP contribution in [0.25, 0.3) is 0 Å². The van der Waals surface area contributed by atoms with Crippen molar-refractivity contribution in [3.63, 3.8) is 0 Å². The first kappa shape index (κ1) is 23.3. The van der Waals surface area contributed by atoms with Gasteiger partial charge in [0.05, 0.1) is 6.61 Å². The molecule has 172 valence electrons. The van der Waals surface area contributed by atoms with Crippen LogP contribution in [0.1, 0.15) is 22.8 Å². The number of para-hydroxylation sites is 1. The number of rotatable bonds is 9. The summed E-state index contributed by atoms with van der Waals surface area (Å²) in [6, 6.07) is 20.5. The Morgan fingerprint density at radius 2 is 1.71 bits per heavy atom. The first-order valence-corrected chi connectivity index (χ1v) is 11.5. The Morgan fingerprint density at radius 1 is 0.971 bits per heavy atom. The maximum atomic E-state index is 13.2. The molecule has 0 radical (unpaired) electrons. The summed E-state index contributed by atoms with van der Waals surface area (Å²) in [6.07, 6.45) is 3.10. The van der Waals surface area contributed by atoms with E-state index < -0.39 is 0 Å². The van der Waals surface area contributed by atoms with Crippen molar-refractivity contribution >= 4 is 17.7 Å². The number of nitrogens with one attached hydrogen (secondary N) is 1. The molecule has 1 N–H and O–H groups in total. The summed E-state index contributed by atoms with van der Waals surface area (Å²) in [5, 5.41) is 3.46. The lowest BCUT2D eigenvalue weighted by molar-refractivity contribution is 0.0950. The summed E-state index contributed by atoms with van der Waals surface area (Å²) in [5.74, 6) is 1.08. The predicted octanol–water partition coefficient (Wildman–Crippen LogP) is 5.89. The number of amides is 1. The van der Waals surface area contributed by atoms with E-state index in [1.165, 1.54) is 30.1 Å². The van der Waals surface area contributed by atoms with Crippen molar-refractivity contribution in [2.75, 3.05) is 6.61 Å². The maximum absolute atomic E-state index is 13.2. The number of hydrogen-bond acceptors (Lipinski definition) is 6. The van der Waals surface area contributed by atoms with Crippen LogP contribution >= 0.6 is 11.8 Å². The first-order chi connectivity index (χ1) is 16.6. The monoisotopic (exact) mass is 475 g/mol. The number of hydrogen-bond donors (Lipinski definition) is 1. The highest BCUT2D eigenvalue weighted by Gasteiger charge is 2.12. The van der Waals surface area contributed by atoms with E-state index in [0.717, 1.165) is 16.2 Å². The number of halogens is 1. The van der Waals surface area contributed by atoms with Crippen LogP contribution < -0.4 is 14.8 Å². The van der Waals surface area contributed by atoms with Gasteiger partial charge in [0.2, 0.25) is 0 Å². The summed E-state index contributed by atoms with van der Waals surface area (Å²) < 4.78 is 24.7. The fourth-order valence-corrected chi connectivity index (χ4v) is 3.87. The summed E-state index contributed by atoms with van der Waals surface area (Å²) in [5.41, 5.74) is 1.41. The van der Waals surface area contributed by atoms with Crippen LogP contribution in [0, 0.1) is 5.82 Å². The van der Waals surface area contributed by atoms with Gasteiger partial charge in [-0.1, -0.05) is 30.0 Å². The fourth-order valence-electron chi connectivity index (χ4n) is 3.08. The molecular weight excluding hydrogens is 453 g/mol. The van der Waals surface area contributed by atoms with E-state index in [9.17, 15) is 9.18 Å². The van der Waals surface area contributed by atoms with Crippen molar-refractivity contribution in [2.45, 2.75) is 23.4 Å². The van der Waals surface area contributed by atoms with Gasteiger partial charge in [-0.2, -0.15) is 0 Å². The van der Waals surface area contributed by atoms with Crippen molar-refractivity contribution in [2.24, 2.45) is 0 Å². The third-order valence-electron chi connectivity index (χ3n) is 4.70. The van der Waals surface area contributed by atoms with Gasteiger partial charge in [-0.25, -0.2) is 14.4 Å². The molecule has 0 aliphatic rings. The van der Waals surface area contributed by atoms with Gasteiger partial charge >= 0.3 is 0 Å². The molecule has 0 saturated heterocycles. The van der Waals surface area contributed by atoms with Crippen LogP contribution in [0.2, 0.25) is 0 Å². The average molecular weight is 476 g/mol. The molecule has 0 aliphatic heterocycles. The van der Waals surface area contributed by atoms with E-state index >= 15 is 0 Å². The Morgan fingerprint density at radius 3 is 2.47 bits per heavy atom. The molecule has 0 saturated carbocycles. The van der Waals surface area contributed by atoms with Crippen molar-refractivity contribution in [3.05, 3.63) is 102 Å². The Balaban J connectivity index is 1.40. The third kappa shape index (κ3) is 6.11. The topological polar surface area (TPSA) is 73.3 Å². The number of carbonyl (C=O) groups excluding carboxylic acids is 1. The quantitative estimate of drug-likeness (QED) is 0.326. The molecule has 1 amide bonds. The fraction of sp³-hybridized carbons (Fsp3) is 0.115. The number of carbonyl (C=O) groups is 1. The van der Waals surface area contributed by atoms with E-state index in [-0.39, 0.29) is 11.7 Å². The molecule has 1 heterocycles. The second-order valence-electron chi connectivity index (χ2n) is 7.07. The van der Waals surface area contributed by atoms with E-state index in [2.05, 4.69) is 15.3 Å². The largest absolute Gasteiger partial charge is 0.494 e. The highest BCUT2D eigenvalue weighted by Crippen LogP contribution is 2.33. The predicted molar refractivity (Wildman–Crippen MR) is 128 cm³/mol. The third-order valence-corrected chi connectivity index (χ3v) is 5.69. The van der Waals surface area contributed by atoms with Crippen LogP contribution in [-0.2, 0) is 6.54 Å². The van der Waals surface area contributed by atoms with Gasteiger partial charge in [-0.3, -0.25) is 4.79 Å². The zero-order chi connectivity index (χ0) is 23.8. The zero-order valence-corrected chi connectivity index (χ0v) is 19.2. The Hall–Kier alpha value is -3.91.